The summed E-state index contributed by atoms with van der Waals surface area (Å²) in [5.74, 6) is 1.53. The summed E-state index contributed by atoms with van der Waals surface area (Å²) in [6.45, 7) is 5.87. The molecule has 0 aromatic heterocycles. The normalized spacial score (nSPS) is 21.8. The summed E-state index contributed by atoms with van der Waals surface area (Å²) in [5, 5.41) is 9.95. The molecular formula is C24H38IN5O2. The molecule has 1 saturated heterocycles. The van der Waals surface area contributed by atoms with Crippen LogP contribution in [0.25, 0.3) is 0 Å². The van der Waals surface area contributed by atoms with Crippen molar-refractivity contribution in [2.24, 2.45) is 4.99 Å². The Hall–Kier alpha value is -1.55. The predicted octanol–water partition coefficient (Wildman–Crippen LogP) is 3.03. The molecule has 4 rings (SSSR count). The van der Waals surface area contributed by atoms with Gasteiger partial charge in [0.1, 0.15) is 5.75 Å². The van der Waals surface area contributed by atoms with E-state index < -0.39 is 0 Å². The zero-order valence-corrected chi connectivity index (χ0v) is 21.5. The number of hydrogen-bond acceptors (Lipinski definition) is 4. The molecule has 1 heterocycles. The number of carbonyl (C=O) groups excluding carboxylic acids is 1. The summed E-state index contributed by atoms with van der Waals surface area (Å²) >= 11 is 0. The van der Waals surface area contributed by atoms with Crippen LogP contribution in [-0.4, -0.2) is 61.1 Å². The quantitative estimate of drug-likeness (QED) is 0.248. The minimum absolute atomic E-state index is 0. The minimum Gasteiger partial charge on any atom is -0.484 e. The number of likely N-dealkylation sites (tertiary alicyclic amines) is 1. The fourth-order valence-electron chi connectivity index (χ4n) is 4.57. The zero-order valence-electron chi connectivity index (χ0n) is 19.1. The molecule has 0 spiro atoms. The van der Waals surface area contributed by atoms with Crippen LogP contribution in [0.5, 0.6) is 5.75 Å². The molecule has 7 nitrogen and oxygen atoms in total. The van der Waals surface area contributed by atoms with E-state index in [0.717, 1.165) is 43.5 Å². The van der Waals surface area contributed by atoms with Crippen molar-refractivity contribution < 1.29 is 9.53 Å². The molecule has 0 radical (unpaired) electrons. The number of halogens is 1. The summed E-state index contributed by atoms with van der Waals surface area (Å²) in [4.78, 5) is 19.3. The van der Waals surface area contributed by atoms with E-state index in [4.69, 9.17) is 9.73 Å². The number of benzene rings is 1. The Bertz CT molecular complexity index is 765. The molecule has 1 amide bonds. The minimum atomic E-state index is -0.0484. The molecule has 8 heteroatoms. The Morgan fingerprint density at radius 3 is 2.69 bits per heavy atom. The average molecular weight is 556 g/mol. The van der Waals surface area contributed by atoms with Gasteiger partial charge in [-0.2, -0.15) is 0 Å². The highest BCUT2D eigenvalue weighted by molar-refractivity contribution is 14.0. The molecule has 3 fully saturated rings. The molecule has 1 aromatic carbocycles. The molecule has 1 aliphatic heterocycles. The maximum absolute atomic E-state index is 11.8. The van der Waals surface area contributed by atoms with Gasteiger partial charge in [0, 0.05) is 37.8 Å². The second kappa shape index (κ2) is 12.6. The number of carbonyl (C=O) groups is 1. The number of amides is 1. The molecule has 32 heavy (non-hydrogen) atoms. The first-order valence-corrected chi connectivity index (χ1v) is 12.0. The van der Waals surface area contributed by atoms with Crippen molar-refractivity contribution >= 4 is 35.8 Å². The number of hydrogen-bond donors (Lipinski definition) is 3. The Kier molecular flexibility index (Phi) is 9.90. The zero-order chi connectivity index (χ0) is 21.5. The van der Waals surface area contributed by atoms with Crippen LogP contribution in [0.15, 0.2) is 29.3 Å². The van der Waals surface area contributed by atoms with Crippen LogP contribution in [0.1, 0.15) is 57.4 Å². The predicted molar refractivity (Wildman–Crippen MR) is 139 cm³/mol. The van der Waals surface area contributed by atoms with E-state index in [2.05, 4.69) is 27.8 Å². The van der Waals surface area contributed by atoms with E-state index in [0.29, 0.717) is 24.4 Å². The van der Waals surface area contributed by atoms with Gasteiger partial charge in [0.25, 0.3) is 5.91 Å². The van der Waals surface area contributed by atoms with Gasteiger partial charge < -0.3 is 20.7 Å². The van der Waals surface area contributed by atoms with Crippen LogP contribution in [0.3, 0.4) is 0 Å². The van der Waals surface area contributed by atoms with Gasteiger partial charge in [0.15, 0.2) is 12.6 Å². The van der Waals surface area contributed by atoms with Crippen LogP contribution in [0, 0.1) is 0 Å². The Labute approximate surface area is 209 Å². The largest absolute Gasteiger partial charge is 0.484 e. The molecule has 2 saturated carbocycles. The molecule has 1 unspecified atom stereocenters. The number of rotatable bonds is 9. The SMILES string of the molecule is CCNC(=NCc1cccc(OCC(=O)NC2CC2)c1)NC1CCN(C2CCCC2)C1.I. The third kappa shape index (κ3) is 7.79. The summed E-state index contributed by atoms with van der Waals surface area (Å²) < 4.78 is 5.66. The summed E-state index contributed by atoms with van der Waals surface area (Å²) in [6, 6.07) is 9.46. The van der Waals surface area contributed by atoms with E-state index in [1.807, 2.05) is 24.3 Å². The van der Waals surface area contributed by atoms with Gasteiger partial charge >= 0.3 is 0 Å². The molecular weight excluding hydrogens is 517 g/mol. The van der Waals surface area contributed by atoms with Crippen molar-refractivity contribution in [3.8, 4) is 5.75 Å². The maximum atomic E-state index is 11.8. The number of nitrogens with zero attached hydrogens (tertiary/aromatic N) is 2. The first-order chi connectivity index (χ1) is 15.2. The van der Waals surface area contributed by atoms with Gasteiger partial charge in [-0.1, -0.05) is 25.0 Å². The van der Waals surface area contributed by atoms with E-state index in [1.165, 1.54) is 38.6 Å². The highest BCUT2D eigenvalue weighted by Crippen LogP contribution is 2.26. The maximum Gasteiger partial charge on any atom is 0.258 e. The first kappa shape index (κ1) is 25.1. The third-order valence-electron chi connectivity index (χ3n) is 6.38. The van der Waals surface area contributed by atoms with Gasteiger partial charge in [0.05, 0.1) is 6.54 Å². The number of nitrogens with one attached hydrogen (secondary N) is 3. The van der Waals surface area contributed by atoms with Gasteiger partial charge in [-0.05, 0) is 56.7 Å². The highest BCUT2D eigenvalue weighted by Gasteiger charge is 2.30. The lowest BCUT2D eigenvalue weighted by molar-refractivity contribution is -0.123. The third-order valence-corrected chi connectivity index (χ3v) is 6.38. The lowest BCUT2D eigenvalue weighted by Gasteiger charge is -2.24. The smallest absolute Gasteiger partial charge is 0.258 e. The number of aliphatic imine (C=N–C) groups is 1. The Morgan fingerprint density at radius 1 is 1.12 bits per heavy atom. The Morgan fingerprint density at radius 2 is 1.94 bits per heavy atom. The molecule has 3 aliphatic rings. The van der Waals surface area contributed by atoms with Gasteiger partial charge in [-0.25, -0.2) is 4.99 Å². The summed E-state index contributed by atoms with van der Waals surface area (Å²) in [7, 11) is 0. The van der Waals surface area contributed by atoms with Gasteiger partial charge in [0.2, 0.25) is 0 Å². The topological polar surface area (TPSA) is 78.0 Å². The van der Waals surface area contributed by atoms with E-state index in [9.17, 15) is 4.79 Å². The second-order valence-corrected chi connectivity index (χ2v) is 9.04. The molecule has 178 valence electrons. The van der Waals surface area contributed by atoms with E-state index in [-0.39, 0.29) is 36.5 Å². The molecule has 1 aromatic rings. The lowest BCUT2D eigenvalue weighted by Crippen LogP contribution is -2.45. The van der Waals surface area contributed by atoms with Crippen molar-refractivity contribution in [1.82, 2.24) is 20.9 Å². The highest BCUT2D eigenvalue weighted by atomic mass is 127. The van der Waals surface area contributed by atoms with Crippen LogP contribution < -0.4 is 20.7 Å². The van der Waals surface area contributed by atoms with Crippen LogP contribution >= 0.6 is 24.0 Å². The van der Waals surface area contributed by atoms with Crippen molar-refractivity contribution in [3.63, 3.8) is 0 Å². The van der Waals surface area contributed by atoms with Crippen LogP contribution in [0.4, 0.5) is 0 Å². The molecule has 1 atom stereocenters. The second-order valence-electron chi connectivity index (χ2n) is 9.04. The number of ether oxygens (including phenoxy) is 1. The van der Waals surface area contributed by atoms with E-state index in [1.54, 1.807) is 0 Å². The van der Waals surface area contributed by atoms with Crippen molar-refractivity contribution in [1.29, 1.82) is 0 Å². The standard InChI is InChI=1S/C24H37N5O2.HI/c1-2-25-24(28-20-12-13-29(16-20)21-7-3-4-8-21)26-15-18-6-5-9-22(14-18)31-17-23(30)27-19-10-11-19;/h5-6,9,14,19-21H,2-4,7-8,10-13,15-17H2,1H3,(H,27,30)(H2,25,26,28);1H. The molecule has 2 aliphatic carbocycles. The Balaban J connectivity index is 0.00000289. The van der Waals surface area contributed by atoms with Crippen molar-refractivity contribution in [2.45, 2.75) is 76.5 Å². The molecule has 0 bridgehead atoms. The van der Waals surface area contributed by atoms with Gasteiger partial charge in [-0.15, -0.1) is 24.0 Å². The summed E-state index contributed by atoms with van der Waals surface area (Å²) in [6.07, 6.45) is 8.84. The first-order valence-electron chi connectivity index (χ1n) is 12.0. The summed E-state index contributed by atoms with van der Waals surface area (Å²) in [5.41, 5.74) is 1.07. The van der Waals surface area contributed by atoms with Crippen molar-refractivity contribution in [2.75, 3.05) is 26.2 Å². The van der Waals surface area contributed by atoms with Crippen LogP contribution in [0.2, 0.25) is 0 Å². The average Bonchev–Trinajstić information content (AvgIpc) is 3.22. The fourth-order valence-corrected chi connectivity index (χ4v) is 4.57. The lowest BCUT2D eigenvalue weighted by atomic mass is 10.2. The van der Waals surface area contributed by atoms with Crippen LogP contribution in [-0.2, 0) is 11.3 Å². The van der Waals surface area contributed by atoms with E-state index >= 15 is 0 Å². The fraction of sp³-hybridized carbons (Fsp3) is 0.667. The molecule has 3 N–H and O–H groups in total. The van der Waals surface area contributed by atoms with Gasteiger partial charge in [-0.3, -0.25) is 9.69 Å². The monoisotopic (exact) mass is 555 g/mol. The van der Waals surface area contributed by atoms with Crippen molar-refractivity contribution in [3.05, 3.63) is 29.8 Å². The number of guanidine groups is 1.